The number of hydrogen-bond donors (Lipinski definition) is 2. The first-order valence-corrected chi connectivity index (χ1v) is 6.11. The highest BCUT2D eigenvalue weighted by Crippen LogP contribution is 2.59. The Balaban J connectivity index is 2.14. The molecule has 0 radical (unpaired) electrons. The van der Waals surface area contributed by atoms with Crippen molar-refractivity contribution in [1.29, 1.82) is 0 Å². The van der Waals surface area contributed by atoms with Crippen LogP contribution < -0.4 is 5.73 Å². The normalized spacial score (nSPS) is 33.2. The van der Waals surface area contributed by atoms with Gasteiger partial charge in [0, 0.05) is 6.54 Å². The molecule has 6 heteroatoms. The lowest BCUT2D eigenvalue weighted by Gasteiger charge is -2.22. The zero-order valence-electron chi connectivity index (χ0n) is 10.5. The first-order valence-electron chi connectivity index (χ1n) is 6.11. The molecular formula is C12H18N2O4. The zero-order valence-corrected chi connectivity index (χ0v) is 10.5. The van der Waals surface area contributed by atoms with Gasteiger partial charge in [-0.2, -0.15) is 0 Å². The average molecular weight is 254 g/mol. The molecule has 0 aromatic rings. The Morgan fingerprint density at radius 2 is 1.89 bits per heavy atom. The number of amides is 2. The van der Waals surface area contributed by atoms with E-state index in [0.29, 0.717) is 13.0 Å². The minimum absolute atomic E-state index is 0.242. The number of rotatable bonds is 3. The van der Waals surface area contributed by atoms with Gasteiger partial charge in [0.05, 0.1) is 11.8 Å². The third-order valence-electron chi connectivity index (χ3n) is 4.22. The van der Waals surface area contributed by atoms with Gasteiger partial charge in [0.25, 0.3) is 0 Å². The number of nitrogens with two attached hydrogens (primary N) is 1. The number of carboxylic acid groups (broad SMARTS) is 1. The van der Waals surface area contributed by atoms with E-state index in [2.05, 4.69) is 0 Å². The van der Waals surface area contributed by atoms with Crippen molar-refractivity contribution in [3.63, 3.8) is 0 Å². The predicted octanol–water partition coefficient (Wildman–Crippen LogP) is -0.180. The van der Waals surface area contributed by atoms with Crippen LogP contribution in [0.2, 0.25) is 0 Å². The van der Waals surface area contributed by atoms with E-state index in [4.69, 9.17) is 10.8 Å². The Hall–Kier alpha value is -1.59. The molecule has 1 saturated carbocycles. The number of primary amides is 1. The second-order valence-electron chi connectivity index (χ2n) is 5.71. The van der Waals surface area contributed by atoms with Gasteiger partial charge >= 0.3 is 5.97 Å². The number of carbonyl (C=O) groups excluding carboxylic acids is 2. The van der Waals surface area contributed by atoms with Gasteiger partial charge in [-0.25, -0.2) is 0 Å². The zero-order chi connectivity index (χ0) is 13.7. The van der Waals surface area contributed by atoms with Crippen LogP contribution in [0.1, 0.15) is 26.7 Å². The van der Waals surface area contributed by atoms with E-state index < -0.39 is 35.2 Å². The topological polar surface area (TPSA) is 101 Å². The van der Waals surface area contributed by atoms with Gasteiger partial charge in [-0.1, -0.05) is 13.8 Å². The molecule has 1 heterocycles. The average Bonchev–Trinajstić information content (AvgIpc) is 2.64. The number of carbonyl (C=O) groups is 3. The van der Waals surface area contributed by atoms with E-state index in [1.165, 1.54) is 4.90 Å². The molecule has 2 amide bonds. The van der Waals surface area contributed by atoms with Crippen LogP contribution in [0.4, 0.5) is 0 Å². The Morgan fingerprint density at radius 1 is 1.28 bits per heavy atom. The fourth-order valence-corrected chi connectivity index (χ4v) is 3.06. The largest absolute Gasteiger partial charge is 0.481 e. The Kier molecular flexibility index (Phi) is 2.83. The molecule has 3 atom stereocenters. The van der Waals surface area contributed by atoms with E-state index in [1.54, 1.807) is 13.8 Å². The fourth-order valence-electron chi connectivity index (χ4n) is 3.06. The molecule has 0 spiro atoms. The Labute approximate surface area is 105 Å². The molecule has 0 aromatic heterocycles. The molecule has 1 aliphatic heterocycles. The van der Waals surface area contributed by atoms with Crippen molar-refractivity contribution >= 4 is 17.8 Å². The van der Waals surface area contributed by atoms with Crippen molar-refractivity contribution in [3.05, 3.63) is 0 Å². The molecule has 6 nitrogen and oxygen atoms in total. The number of likely N-dealkylation sites (tertiary alicyclic amines) is 1. The van der Waals surface area contributed by atoms with E-state index in [-0.39, 0.29) is 5.91 Å². The van der Waals surface area contributed by atoms with Crippen molar-refractivity contribution in [3.8, 4) is 0 Å². The van der Waals surface area contributed by atoms with Gasteiger partial charge in [0.2, 0.25) is 11.8 Å². The van der Waals surface area contributed by atoms with Crippen molar-refractivity contribution in [2.45, 2.75) is 32.7 Å². The number of nitrogens with zero attached hydrogens (tertiary/aromatic N) is 1. The monoisotopic (exact) mass is 254 g/mol. The van der Waals surface area contributed by atoms with Gasteiger partial charge < -0.3 is 15.7 Å². The van der Waals surface area contributed by atoms with E-state index in [9.17, 15) is 14.4 Å². The highest BCUT2D eigenvalue weighted by Gasteiger charge is 2.67. The molecule has 0 bridgehead atoms. The Morgan fingerprint density at radius 3 is 2.33 bits per heavy atom. The van der Waals surface area contributed by atoms with Gasteiger partial charge in [-0.15, -0.1) is 0 Å². The standard InChI is InChI=1S/C12H18N2O4/c1-12(2)7(8(12)11(17)18)10(16)14-5-3-4-6(14)9(13)15/h6-8H,3-5H2,1-2H3,(H2,13,15)(H,17,18). The lowest BCUT2D eigenvalue weighted by atomic mass is 10.1. The van der Waals surface area contributed by atoms with Crippen LogP contribution in [0.15, 0.2) is 0 Å². The smallest absolute Gasteiger partial charge is 0.307 e. The summed E-state index contributed by atoms with van der Waals surface area (Å²) >= 11 is 0. The molecule has 3 N–H and O–H groups in total. The van der Waals surface area contributed by atoms with Crippen LogP contribution >= 0.6 is 0 Å². The number of carboxylic acids is 1. The maximum Gasteiger partial charge on any atom is 0.307 e. The number of aliphatic carboxylic acids is 1. The summed E-state index contributed by atoms with van der Waals surface area (Å²) in [5.41, 5.74) is 4.73. The quantitative estimate of drug-likeness (QED) is 0.729. The van der Waals surface area contributed by atoms with Gasteiger partial charge in [-0.05, 0) is 18.3 Å². The van der Waals surface area contributed by atoms with Crippen molar-refractivity contribution in [2.24, 2.45) is 23.0 Å². The predicted molar refractivity (Wildman–Crippen MR) is 62.3 cm³/mol. The summed E-state index contributed by atoms with van der Waals surface area (Å²) in [5, 5.41) is 9.06. The minimum atomic E-state index is -0.951. The molecule has 100 valence electrons. The van der Waals surface area contributed by atoms with Gasteiger partial charge in [-0.3, -0.25) is 14.4 Å². The highest BCUT2D eigenvalue weighted by molar-refractivity contribution is 5.94. The van der Waals surface area contributed by atoms with Crippen molar-refractivity contribution in [1.82, 2.24) is 4.90 Å². The molecule has 1 saturated heterocycles. The van der Waals surface area contributed by atoms with Crippen LogP contribution in [-0.4, -0.2) is 40.4 Å². The fraction of sp³-hybridized carbons (Fsp3) is 0.750. The molecule has 2 rings (SSSR count). The highest BCUT2D eigenvalue weighted by atomic mass is 16.4. The summed E-state index contributed by atoms with van der Waals surface area (Å²) in [4.78, 5) is 36.1. The van der Waals surface area contributed by atoms with E-state index >= 15 is 0 Å². The van der Waals surface area contributed by atoms with E-state index in [1.807, 2.05) is 0 Å². The lowest BCUT2D eigenvalue weighted by molar-refractivity contribution is -0.143. The van der Waals surface area contributed by atoms with Crippen LogP contribution in [0.5, 0.6) is 0 Å². The maximum atomic E-state index is 12.3. The SMILES string of the molecule is CC1(C)C(C(=O)O)C1C(=O)N1CCCC1C(N)=O. The molecule has 3 unspecified atom stereocenters. The second-order valence-corrected chi connectivity index (χ2v) is 5.71. The van der Waals surface area contributed by atoms with Crippen LogP contribution in [0, 0.1) is 17.3 Å². The third-order valence-corrected chi connectivity index (χ3v) is 4.22. The lowest BCUT2D eigenvalue weighted by Crippen LogP contribution is -2.45. The van der Waals surface area contributed by atoms with Crippen LogP contribution in [0.25, 0.3) is 0 Å². The summed E-state index contributed by atoms with van der Waals surface area (Å²) < 4.78 is 0. The van der Waals surface area contributed by atoms with Crippen molar-refractivity contribution in [2.75, 3.05) is 6.54 Å². The first kappa shape index (κ1) is 12.9. The molecule has 18 heavy (non-hydrogen) atoms. The minimum Gasteiger partial charge on any atom is -0.481 e. The van der Waals surface area contributed by atoms with Gasteiger partial charge in [0.1, 0.15) is 6.04 Å². The van der Waals surface area contributed by atoms with E-state index in [0.717, 1.165) is 6.42 Å². The molecule has 2 aliphatic rings. The summed E-state index contributed by atoms with van der Waals surface area (Å²) in [6.07, 6.45) is 1.32. The van der Waals surface area contributed by atoms with Crippen molar-refractivity contribution < 1.29 is 19.5 Å². The molecular weight excluding hydrogens is 236 g/mol. The third kappa shape index (κ3) is 1.76. The molecule has 0 aromatic carbocycles. The Bertz CT molecular complexity index is 398. The van der Waals surface area contributed by atoms with Crippen LogP contribution in [-0.2, 0) is 14.4 Å². The summed E-state index contributed by atoms with van der Waals surface area (Å²) in [6.45, 7) is 4.03. The second kappa shape index (κ2) is 3.96. The molecule has 2 fully saturated rings. The molecule has 1 aliphatic carbocycles. The maximum absolute atomic E-state index is 12.3. The first-order chi connectivity index (χ1) is 8.28. The van der Waals surface area contributed by atoms with Crippen LogP contribution in [0.3, 0.4) is 0 Å². The van der Waals surface area contributed by atoms with Gasteiger partial charge in [0.15, 0.2) is 0 Å². The summed E-state index contributed by atoms with van der Waals surface area (Å²) in [6, 6.07) is -0.566. The number of hydrogen-bond acceptors (Lipinski definition) is 3. The summed E-state index contributed by atoms with van der Waals surface area (Å²) in [7, 11) is 0. The summed E-state index contributed by atoms with van der Waals surface area (Å²) in [5.74, 6) is -2.89.